The molecule has 0 aliphatic rings. The van der Waals surface area contributed by atoms with E-state index in [2.05, 4.69) is 10.1 Å². The number of alkyl carbamates (subject to hydrolysis) is 1. The van der Waals surface area contributed by atoms with Crippen molar-refractivity contribution >= 4 is 18.1 Å². The highest BCUT2D eigenvalue weighted by Crippen LogP contribution is 2.00. The van der Waals surface area contributed by atoms with E-state index in [1.54, 1.807) is 0 Å². The lowest BCUT2D eigenvalue weighted by molar-refractivity contribution is -0.115. The molecule has 1 amide bonds. The largest absolute Gasteiger partial charge is 0.445 e. The number of Topliss-reactive ketones (excluding diaryl/α,β-unsaturated/α-hetero) is 1. The SMILES string of the molecule is [N-]=[N+]=CC(=O)CCNC(=O)OCc1ccccc1. The molecule has 0 atom stereocenters. The maximum Gasteiger partial charge on any atom is 0.407 e. The smallest absolute Gasteiger partial charge is 0.407 e. The molecule has 18 heavy (non-hydrogen) atoms. The fourth-order valence-corrected chi connectivity index (χ4v) is 1.19. The summed E-state index contributed by atoms with van der Waals surface area (Å²) in [5.41, 5.74) is 8.98. The third-order valence-electron chi connectivity index (χ3n) is 2.06. The molecule has 0 aliphatic heterocycles. The van der Waals surface area contributed by atoms with E-state index >= 15 is 0 Å². The molecule has 0 fully saturated rings. The number of carbonyl (C=O) groups excluding carboxylic acids is 2. The van der Waals surface area contributed by atoms with E-state index in [-0.39, 0.29) is 25.4 Å². The Morgan fingerprint density at radius 3 is 2.72 bits per heavy atom. The van der Waals surface area contributed by atoms with Crippen LogP contribution in [-0.4, -0.2) is 29.4 Å². The van der Waals surface area contributed by atoms with Crippen LogP contribution in [0.4, 0.5) is 4.79 Å². The van der Waals surface area contributed by atoms with Crippen molar-refractivity contribution in [2.75, 3.05) is 6.54 Å². The van der Waals surface area contributed by atoms with Crippen molar-refractivity contribution in [2.45, 2.75) is 13.0 Å². The lowest BCUT2D eigenvalue weighted by atomic mass is 10.2. The molecule has 1 rings (SSSR count). The minimum Gasteiger partial charge on any atom is -0.445 e. The van der Waals surface area contributed by atoms with Crippen molar-refractivity contribution in [2.24, 2.45) is 0 Å². The van der Waals surface area contributed by atoms with Crippen molar-refractivity contribution in [1.29, 1.82) is 0 Å². The van der Waals surface area contributed by atoms with Crippen LogP contribution in [0.25, 0.3) is 5.53 Å². The highest BCUT2D eigenvalue weighted by molar-refractivity contribution is 6.25. The molecule has 1 aromatic carbocycles. The van der Waals surface area contributed by atoms with Gasteiger partial charge in [-0.2, -0.15) is 4.79 Å². The summed E-state index contributed by atoms with van der Waals surface area (Å²) in [6, 6.07) is 9.26. The zero-order valence-electron chi connectivity index (χ0n) is 9.70. The van der Waals surface area contributed by atoms with Crippen LogP contribution in [0.5, 0.6) is 0 Å². The Morgan fingerprint density at radius 2 is 2.06 bits per heavy atom. The Hall–Kier alpha value is -2.46. The van der Waals surface area contributed by atoms with Gasteiger partial charge in [-0.25, -0.2) is 4.79 Å². The van der Waals surface area contributed by atoms with Gasteiger partial charge in [-0.05, 0) is 5.56 Å². The zero-order valence-corrected chi connectivity index (χ0v) is 9.70. The van der Waals surface area contributed by atoms with E-state index in [1.807, 2.05) is 30.3 Å². The normalized spacial score (nSPS) is 9.11. The number of rotatable bonds is 6. The number of nitrogens with one attached hydrogen (secondary N) is 1. The molecule has 0 aromatic heterocycles. The van der Waals surface area contributed by atoms with Crippen LogP contribution in [0.2, 0.25) is 0 Å². The van der Waals surface area contributed by atoms with Gasteiger partial charge in [-0.3, -0.25) is 4.79 Å². The van der Waals surface area contributed by atoms with Crippen molar-refractivity contribution in [3.63, 3.8) is 0 Å². The minimum atomic E-state index is -0.590. The van der Waals surface area contributed by atoms with Gasteiger partial charge >= 0.3 is 12.3 Å². The number of amides is 1. The summed E-state index contributed by atoms with van der Waals surface area (Å²) in [6.07, 6.45) is 0.258. The van der Waals surface area contributed by atoms with E-state index in [9.17, 15) is 9.59 Å². The van der Waals surface area contributed by atoms with Crippen molar-refractivity contribution < 1.29 is 19.1 Å². The fraction of sp³-hybridized carbons (Fsp3) is 0.250. The number of ketones is 1. The third-order valence-corrected chi connectivity index (χ3v) is 2.06. The maximum absolute atomic E-state index is 11.2. The molecule has 94 valence electrons. The predicted octanol–water partition coefficient (Wildman–Crippen LogP) is 1.17. The van der Waals surface area contributed by atoms with Crippen LogP contribution in [0.15, 0.2) is 30.3 Å². The average Bonchev–Trinajstić information content (AvgIpc) is 2.38. The molecule has 0 saturated heterocycles. The lowest BCUT2D eigenvalue weighted by Crippen LogP contribution is -2.26. The van der Waals surface area contributed by atoms with Gasteiger partial charge in [0.15, 0.2) is 0 Å². The fourth-order valence-electron chi connectivity index (χ4n) is 1.19. The number of carbonyl (C=O) groups is 2. The molecule has 0 radical (unpaired) electrons. The second-order valence-electron chi connectivity index (χ2n) is 3.45. The van der Waals surface area contributed by atoms with Crippen LogP contribution < -0.4 is 5.32 Å². The molecule has 1 aromatic rings. The van der Waals surface area contributed by atoms with Crippen LogP contribution in [0, 0.1) is 0 Å². The maximum atomic E-state index is 11.2. The monoisotopic (exact) mass is 247 g/mol. The van der Waals surface area contributed by atoms with Gasteiger partial charge < -0.3 is 15.6 Å². The van der Waals surface area contributed by atoms with Gasteiger partial charge in [0.1, 0.15) is 6.61 Å². The molecule has 0 unspecified atom stereocenters. The quantitative estimate of drug-likeness (QED) is 0.464. The predicted molar refractivity (Wildman–Crippen MR) is 63.9 cm³/mol. The number of benzene rings is 1. The number of ether oxygens (including phenoxy) is 1. The Morgan fingerprint density at radius 1 is 1.33 bits per heavy atom. The van der Waals surface area contributed by atoms with E-state index < -0.39 is 6.09 Å². The Bertz CT molecular complexity index is 453. The topological polar surface area (TPSA) is 91.8 Å². The first kappa shape index (κ1) is 13.6. The molecule has 0 heterocycles. The standard InChI is InChI=1S/C12H13N3O3/c13-15-8-11(16)6-7-14-12(17)18-9-10-4-2-1-3-5-10/h1-5,8H,6-7,9H2,(H,14,17). The zero-order chi connectivity index (χ0) is 13.2. The van der Waals surface area contributed by atoms with E-state index in [1.165, 1.54) is 0 Å². The summed E-state index contributed by atoms with van der Waals surface area (Å²) in [4.78, 5) is 24.7. The molecule has 0 spiro atoms. The summed E-state index contributed by atoms with van der Waals surface area (Å²) in [5, 5.41) is 2.42. The summed E-state index contributed by atoms with van der Waals surface area (Å²) >= 11 is 0. The van der Waals surface area contributed by atoms with Crippen molar-refractivity contribution in [1.82, 2.24) is 5.32 Å². The molecule has 1 N–H and O–H groups in total. The summed E-state index contributed by atoms with van der Waals surface area (Å²) < 4.78 is 4.93. The third kappa shape index (κ3) is 5.58. The molecule has 0 aliphatic carbocycles. The first-order valence-corrected chi connectivity index (χ1v) is 5.37. The number of hydrogen-bond donors (Lipinski definition) is 1. The number of nitrogens with zero attached hydrogens (tertiary/aromatic N) is 2. The molecule has 0 bridgehead atoms. The highest BCUT2D eigenvalue weighted by atomic mass is 16.5. The highest BCUT2D eigenvalue weighted by Gasteiger charge is 2.05. The van der Waals surface area contributed by atoms with Crippen LogP contribution in [0.3, 0.4) is 0 Å². The van der Waals surface area contributed by atoms with Gasteiger partial charge in [0.2, 0.25) is 5.78 Å². The Kier molecular flexibility index (Phi) is 5.86. The minimum absolute atomic E-state index is 0.0600. The average molecular weight is 247 g/mol. The van der Waals surface area contributed by atoms with E-state index in [0.29, 0.717) is 0 Å². The Labute approximate surface area is 104 Å². The molecular formula is C12H13N3O3. The van der Waals surface area contributed by atoms with Crippen LogP contribution in [0.1, 0.15) is 12.0 Å². The van der Waals surface area contributed by atoms with Gasteiger partial charge in [-0.15, -0.1) is 0 Å². The van der Waals surface area contributed by atoms with E-state index in [0.717, 1.165) is 11.8 Å². The second-order valence-corrected chi connectivity index (χ2v) is 3.45. The first-order chi connectivity index (χ1) is 8.72. The lowest BCUT2D eigenvalue weighted by Gasteiger charge is -2.05. The summed E-state index contributed by atoms with van der Waals surface area (Å²) in [6.45, 7) is 0.317. The Balaban J connectivity index is 2.18. The number of hydrogen-bond acceptors (Lipinski definition) is 3. The van der Waals surface area contributed by atoms with Gasteiger partial charge in [0.05, 0.1) is 0 Å². The van der Waals surface area contributed by atoms with Crippen molar-refractivity contribution in [3.8, 4) is 0 Å². The van der Waals surface area contributed by atoms with Gasteiger partial charge in [-0.1, -0.05) is 30.3 Å². The first-order valence-electron chi connectivity index (χ1n) is 5.37. The van der Waals surface area contributed by atoms with Crippen molar-refractivity contribution in [3.05, 3.63) is 41.4 Å². The molecular weight excluding hydrogens is 234 g/mol. The molecule has 6 nitrogen and oxygen atoms in total. The van der Waals surface area contributed by atoms with Gasteiger partial charge in [0, 0.05) is 13.0 Å². The summed E-state index contributed by atoms with van der Waals surface area (Å²) in [5.74, 6) is -0.374. The molecule has 0 saturated carbocycles. The summed E-state index contributed by atoms with van der Waals surface area (Å²) in [7, 11) is 0. The molecule has 6 heteroatoms. The van der Waals surface area contributed by atoms with Crippen LogP contribution >= 0.6 is 0 Å². The van der Waals surface area contributed by atoms with Crippen LogP contribution in [-0.2, 0) is 16.1 Å². The van der Waals surface area contributed by atoms with Gasteiger partial charge in [0.25, 0.3) is 0 Å². The van der Waals surface area contributed by atoms with E-state index in [4.69, 9.17) is 10.3 Å². The second kappa shape index (κ2) is 7.76.